The summed E-state index contributed by atoms with van der Waals surface area (Å²) in [6.07, 6.45) is 12.1. The van der Waals surface area contributed by atoms with Crippen LogP contribution >= 0.6 is 0 Å². The molecule has 5 unspecified atom stereocenters. The van der Waals surface area contributed by atoms with Gasteiger partial charge in [0.15, 0.2) is 6.29 Å². The van der Waals surface area contributed by atoms with Crippen LogP contribution in [-0.2, 0) is 33.3 Å². The van der Waals surface area contributed by atoms with Crippen LogP contribution in [0.15, 0.2) is 0 Å². The molecule has 13 atom stereocenters. The zero-order valence-corrected chi connectivity index (χ0v) is 33.8. The van der Waals surface area contributed by atoms with Gasteiger partial charge in [-0.1, -0.05) is 55.4 Å². The number of nitrogens with zero attached hydrogens (tertiary/aromatic N) is 1. The highest BCUT2D eigenvalue weighted by atomic mass is 16.7. The van der Waals surface area contributed by atoms with E-state index in [0.717, 1.165) is 19.3 Å². The van der Waals surface area contributed by atoms with E-state index in [1.54, 1.807) is 7.11 Å². The number of aliphatic hydroxyl groups excluding tert-OH is 1. The van der Waals surface area contributed by atoms with Crippen molar-refractivity contribution in [2.24, 2.45) is 57.2 Å². The topological polar surface area (TPSA) is 104 Å². The molecule has 0 aromatic rings. The van der Waals surface area contributed by atoms with Gasteiger partial charge in [0.05, 0.1) is 51.3 Å². The maximum absolute atomic E-state index is 12.9. The minimum Gasteiger partial charge on any atom is -0.471 e. The van der Waals surface area contributed by atoms with E-state index in [1.807, 2.05) is 32.6 Å². The van der Waals surface area contributed by atoms with Crippen LogP contribution in [0.5, 0.6) is 0 Å². The molecule has 8 rings (SSSR count). The molecule has 0 bridgehead atoms. The summed E-state index contributed by atoms with van der Waals surface area (Å²) in [5.41, 5.74) is 0.916. The third-order valence-corrected chi connectivity index (χ3v) is 15.6. The van der Waals surface area contributed by atoms with Crippen molar-refractivity contribution in [3.8, 4) is 0 Å². The number of fused-ring (bicyclic) bond motifs is 4. The van der Waals surface area contributed by atoms with Gasteiger partial charge in [-0.3, -0.25) is 9.59 Å². The fourth-order valence-corrected chi connectivity index (χ4v) is 13.5. The van der Waals surface area contributed by atoms with Gasteiger partial charge in [0.2, 0.25) is 5.91 Å². The number of hydrogen-bond donors (Lipinski definition) is 1. The van der Waals surface area contributed by atoms with Gasteiger partial charge in [-0.05, 0) is 121 Å². The van der Waals surface area contributed by atoms with Crippen molar-refractivity contribution in [3.63, 3.8) is 0 Å². The highest BCUT2D eigenvalue weighted by molar-refractivity contribution is 5.76. The predicted molar refractivity (Wildman–Crippen MR) is 198 cm³/mol. The molecule has 6 aliphatic carbocycles. The van der Waals surface area contributed by atoms with Crippen molar-refractivity contribution in [1.82, 2.24) is 4.90 Å². The molecular weight excluding hydrogens is 646 g/mol. The molecule has 2 saturated heterocycles. The van der Waals surface area contributed by atoms with E-state index in [4.69, 9.17) is 23.7 Å². The average molecular weight is 720 g/mol. The first kappa shape index (κ1) is 40.9. The number of hydrogen-bond acceptors (Lipinski definition) is 8. The Hall–Kier alpha value is -1.26. The highest BCUT2D eigenvalue weighted by Gasteiger charge is 2.85. The number of ether oxygens (including phenoxy) is 5. The van der Waals surface area contributed by atoms with Crippen LogP contribution in [0.25, 0.3) is 0 Å². The van der Waals surface area contributed by atoms with E-state index in [-0.39, 0.29) is 47.4 Å². The molecule has 1 amide bonds. The Kier molecular flexibility index (Phi) is 13.0. The minimum atomic E-state index is -0.361. The van der Waals surface area contributed by atoms with Gasteiger partial charge in [0, 0.05) is 20.1 Å². The Bertz CT molecular complexity index is 1180. The van der Waals surface area contributed by atoms with Crippen LogP contribution < -0.4 is 0 Å². The summed E-state index contributed by atoms with van der Waals surface area (Å²) in [4.78, 5) is 23.8. The molecule has 9 heteroatoms. The van der Waals surface area contributed by atoms with Gasteiger partial charge < -0.3 is 33.7 Å². The maximum atomic E-state index is 12.9. The standard InChI is InChI=1S/C36H57NO6.C2H4O2.2C2H6/c1-21-35-15-14-34(4)25-9-8-23(20-40-5)42-32(25)31(39)30(34)24(35)10-11-26-33(2,3)27(12-13-36(21,26)35)43-29-19-37(16-17-41-29)28(38)18-22-6-7-22;1-4-2-3;2*1-2/h21-27,29-32,39H,6-20H2,1-5H3;2H,1H3;2*1-2H3/t21-,23+,24-,25?,26?,27-,29?,30?,31+,32-,34+,35-,36?;;;/m0.../s1. The first-order valence-electron chi connectivity index (χ1n) is 20.8. The van der Waals surface area contributed by atoms with Crippen LogP contribution in [0.3, 0.4) is 0 Å². The Morgan fingerprint density at radius 1 is 0.922 bits per heavy atom. The largest absolute Gasteiger partial charge is 0.471 e. The normalized spacial score (nSPS) is 45.5. The van der Waals surface area contributed by atoms with E-state index in [0.29, 0.717) is 85.5 Å². The van der Waals surface area contributed by atoms with Crippen molar-refractivity contribution in [1.29, 1.82) is 0 Å². The Labute approximate surface area is 309 Å². The van der Waals surface area contributed by atoms with E-state index >= 15 is 0 Å². The lowest BCUT2D eigenvalue weighted by molar-refractivity contribution is -0.245. The molecule has 1 N–H and O–H groups in total. The van der Waals surface area contributed by atoms with Gasteiger partial charge >= 0.3 is 0 Å². The molecule has 0 aromatic carbocycles. The van der Waals surface area contributed by atoms with Crippen molar-refractivity contribution in [2.75, 3.05) is 40.5 Å². The van der Waals surface area contributed by atoms with Gasteiger partial charge in [0.25, 0.3) is 6.47 Å². The molecule has 9 nitrogen and oxygen atoms in total. The van der Waals surface area contributed by atoms with Crippen LogP contribution in [0.2, 0.25) is 0 Å². The van der Waals surface area contributed by atoms with Crippen molar-refractivity contribution in [2.45, 2.75) is 157 Å². The van der Waals surface area contributed by atoms with E-state index in [1.165, 1.54) is 52.1 Å². The summed E-state index contributed by atoms with van der Waals surface area (Å²) in [7, 11) is 3.07. The molecule has 8 fully saturated rings. The molecule has 2 aliphatic heterocycles. The van der Waals surface area contributed by atoms with Crippen molar-refractivity contribution in [3.05, 3.63) is 0 Å². The number of morpholine rings is 1. The second kappa shape index (κ2) is 16.2. The van der Waals surface area contributed by atoms with Gasteiger partial charge in [-0.25, -0.2) is 0 Å². The highest BCUT2D eigenvalue weighted by Crippen LogP contribution is 2.89. The lowest BCUT2D eigenvalue weighted by Crippen LogP contribution is -2.57. The molecule has 294 valence electrons. The lowest BCUT2D eigenvalue weighted by atomic mass is 9.46. The summed E-state index contributed by atoms with van der Waals surface area (Å²) in [6, 6.07) is 0. The third kappa shape index (κ3) is 6.73. The molecule has 51 heavy (non-hydrogen) atoms. The maximum Gasteiger partial charge on any atom is 0.292 e. The predicted octanol–water partition coefficient (Wildman–Crippen LogP) is 7.27. The van der Waals surface area contributed by atoms with Crippen molar-refractivity contribution >= 4 is 12.4 Å². The molecule has 2 spiro atoms. The molecule has 6 saturated carbocycles. The van der Waals surface area contributed by atoms with Gasteiger partial charge in [0.1, 0.15) is 0 Å². The van der Waals surface area contributed by atoms with Crippen LogP contribution in [0.4, 0.5) is 0 Å². The zero-order chi connectivity index (χ0) is 37.4. The second-order valence-corrected chi connectivity index (χ2v) is 17.5. The summed E-state index contributed by atoms with van der Waals surface area (Å²) in [5, 5.41) is 12.0. The van der Waals surface area contributed by atoms with Crippen molar-refractivity contribution < 1.29 is 38.4 Å². The first-order valence-corrected chi connectivity index (χ1v) is 20.8. The van der Waals surface area contributed by atoms with Crippen LogP contribution in [0.1, 0.15) is 126 Å². The number of aliphatic hydroxyl groups is 1. The average Bonchev–Trinajstić information content (AvgIpc) is 4.04. The number of carbonyl (C=O) groups is 2. The zero-order valence-electron chi connectivity index (χ0n) is 33.8. The summed E-state index contributed by atoms with van der Waals surface area (Å²) < 4.78 is 28.9. The van der Waals surface area contributed by atoms with E-state index < -0.39 is 0 Å². The molecular formula is C42H73NO8. The summed E-state index contributed by atoms with van der Waals surface area (Å²) in [6.45, 7) is 20.9. The van der Waals surface area contributed by atoms with Gasteiger partial charge in [-0.2, -0.15) is 0 Å². The first-order chi connectivity index (χ1) is 24.5. The van der Waals surface area contributed by atoms with Gasteiger partial charge in [-0.15, -0.1) is 0 Å². The smallest absolute Gasteiger partial charge is 0.292 e. The minimum absolute atomic E-state index is 0.0337. The Balaban J connectivity index is 0.000000583. The van der Waals surface area contributed by atoms with Crippen LogP contribution in [0, 0.1) is 57.2 Å². The number of amides is 1. The van der Waals surface area contributed by atoms with Crippen LogP contribution in [-0.4, -0.2) is 93.6 Å². The number of methoxy groups -OCH3 is 2. The molecule has 8 aliphatic rings. The lowest BCUT2D eigenvalue weighted by Gasteiger charge is -2.60. The molecule has 2 heterocycles. The SMILES string of the molecule is CC.CC.COC=O.COC[C@H]1CCC2[C@H](O1)[C@H](O)C1[C@@H]3CCC4C(C)(C)[C@@H](OC5CN(C(=O)CC6CC6)CCO5)CCC45[C@@H](C)[C@@]35CC[C@]21C. The quantitative estimate of drug-likeness (QED) is 0.274. The molecule has 0 aromatic heterocycles. The number of rotatable bonds is 7. The summed E-state index contributed by atoms with van der Waals surface area (Å²) in [5.74, 6) is 3.60. The monoisotopic (exact) mass is 720 g/mol. The third-order valence-electron chi connectivity index (χ3n) is 15.6. The molecule has 0 radical (unpaired) electrons. The van der Waals surface area contributed by atoms with E-state index in [9.17, 15) is 9.90 Å². The fourth-order valence-electron chi connectivity index (χ4n) is 13.5. The second-order valence-electron chi connectivity index (χ2n) is 17.5. The Morgan fingerprint density at radius 3 is 2.25 bits per heavy atom. The summed E-state index contributed by atoms with van der Waals surface area (Å²) >= 11 is 0. The van der Waals surface area contributed by atoms with E-state index in [2.05, 4.69) is 32.4 Å². The fraction of sp³-hybridized carbons (Fsp3) is 0.952. The number of carbonyl (C=O) groups excluding carboxylic acids is 2. The Morgan fingerprint density at radius 2 is 1.61 bits per heavy atom.